The molecular weight excluding hydrogens is 639 g/mol. The fourth-order valence-corrected chi connectivity index (χ4v) is 8.08. The summed E-state index contributed by atoms with van der Waals surface area (Å²) in [4.78, 5) is 0. The van der Waals surface area contributed by atoms with Crippen molar-refractivity contribution in [3.8, 4) is 0 Å². The van der Waals surface area contributed by atoms with E-state index in [9.17, 15) is 0 Å². The van der Waals surface area contributed by atoms with Crippen LogP contribution >= 0.6 is 0 Å². The van der Waals surface area contributed by atoms with Crippen molar-refractivity contribution < 1.29 is 0 Å². The van der Waals surface area contributed by atoms with Crippen molar-refractivity contribution in [1.82, 2.24) is 5.32 Å². The second-order valence-corrected chi connectivity index (χ2v) is 17.1. The van der Waals surface area contributed by atoms with E-state index in [2.05, 4.69) is 49.5 Å². The maximum Gasteiger partial charge on any atom is 0.0699 e. The predicted molar refractivity (Wildman–Crippen MR) is 242 cm³/mol. The van der Waals surface area contributed by atoms with Crippen LogP contribution in [0.3, 0.4) is 0 Å². The van der Waals surface area contributed by atoms with Crippen LogP contribution in [-0.2, 0) is 0 Å². The molecule has 1 heteroatoms. The molecule has 1 aliphatic heterocycles. The van der Waals surface area contributed by atoms with Gasteiger partial charge in [0.1, 0.15) is 0 Å². The van der Waals surface area contributed by atoms with Crippen molar-refractivity contribution in [2.24, 2.45) is 0 Å². The fourth-order valence-electron chi connectivity index (χ4n) is 8.08. The van der Waals surface area contributed by atoms with Crippen LogP contribution in [-0.4, -0.2) is 0 Å². The first-order chi connectivity index (χ1) is 26.4. The standard InChI is InChI=1S/C52H96N/c1-3-5-7-9-11-13-15-17-19-21-23-25-27-29-31-33-35-37-39-41-43-45-47-51-49-50-53-52(51)48-46-44-42-40-38-36-34-32-30-28-26-24-22-20-18-16-14-12-10-8-6-4-2/h45-50H,3-44H2,1-2H3/b47-45+,48-46+. The summed E-state index contributed by atoms with van der Waals surface area (Å²) in [7, 11) is 0. The molecule has 309 valence electrons. The first kappa shape index (κ1) is 49.8. The monoisotopic (exact) mass is 735 g/mol. The van der Waals surface area contributed by atoms with E-state index in [0.29, 0.717) is 0 Å². The van der Waals surface area contributed by atoms with Gasteiger partial charge in [-0.2, -0.15) is 0 Å². The fraction of sp³-hybridized carbons (Fsp3) is 0.846. The maximum absolute atomic E-state index is 4.61. The maximum atomic E-state index is 4.61. The molecule has 0 N–H and O–H groups in total. The van der Waals surface area contributed by atoms with Crippen LogP contribution in [0.1, 0.15) is 284 Å². The zero-order valence-corrected chi connectivity index (χ0v) is 36.6. The van der Waals surface area contributed by atoms with Gasteiger partial charge in [0.05, 0.1) is 5.70 Å². The predicted octanol–water partition coefficient (Wildman–Crippen LogP) is 18.9. The Morgan fingerprint density at radius 2 is 0.566 bits per heavy atom. The number of hydrogen-bond acceptors (Lipinski definition) is 0. The number of unbranched alkanes of at least 4 members (excludes halogenated alkanes) is 40. The highest BCUT2D eigenvalue weighted by atomic mass is 14.9. The molecule has 1 heterocycles. The van der Waals surface area contributed by atoms with Crippen LogP contribution in [0.15, 0.2) is 47.9 Å². The minimum absolute atomic E-state index is 1.15. The molecule has 0 aromatic heterocycles. The molecule has 0 aliphatic carbocycles. The summed E-state index contributed by atoms with van der Waals surface area (Å²) in [5.74, 6) is 0. The van der Waals surface area contributed by atoms with Gasteiger partial charge in [-0.05, 0) is 37.8 Å². The number of hydrogen-bond donors (Lipinski definition) is 0. The van der Waals surface area contributed by atoms with Crippen molar-refractivity contribution in [2.45, 2.75) is 284 Å². The van der Waals surface area contributed by atoms with Crippen LogP contribution in [0.25, 0.3) is 0 Å². The molecular formula is C52H96N. The molecule has 0 amide bonds. The zero-order chi connectivity index (χ0) is 37.8. The molecule has 0 atom stereocenters. The molecule has 0 spiro atoms. The van der Waals surface area contributed by atoms with Gasteiger partial charge in [-0.3, -0.25) is 5.32 Å². The zero-order valence-electron chi connectivity index (χ0n) is 36.6. The van der Waals surface area contributed by atoms with E-state index in [0.717, 1.165) is 5.70 Å². The number of allylic oxidation sites excluding steroid dienone is 6. The summed E-state index contributed by atoms with van der Waals surface area (Å²) in [6.07, 6.45) is 73.7. The van der Waals surface area contributed by atoms with E-state index >= 15 is 0 Å². The Hall–Kier alpha value is -1.24. The largest absolute Gasteiger partial charge is 0.256 e. The average molecular weight is 735 g/mol. The van der Waals surface area contributed by atoms with Gasteiger partial charge in [0.25, 0.3) is 0 Å². The van der Waals surface area contributed by atoms with Gasteiger partial charge in [-0.1, -0.05) is 276 Å². The average Bonchev–Trinajstić information content (AvgIpc) is 3.62. The van der Waals surface area contributed by atoms with Gasteiger partial charge in [0.15, 0.2) is 0 Å². The topological polar surface area (TPSA) is 14.1 Å². The third-order valence-corrected chi connectivity index (χ3v) is 11.8. The van der Waals surface area contributed by atoms with Gasteiger partial charge in [-0.25, -0.2) is 0 Å². The third kappa shape index (κ3) is 37.5. The van der Waals surface area contributed by atoms with E-state index < -0.39 is 0 Å². The van der Waals surface area contributed by atoms with E-state index in [-0.39, 0.29) is 0 Å². The lowest BCUT2D eigenvalue weighted by Crippen LogP contribution is -1.89. The molecule has 1 radical (unpaired) electrons. The Labute approximate surface area is 335 Å². The molecule has 1 nitrogen and oxygen atoms in total. The molecule has 0 bridgehead atoms. The molecule has 0 saturated carbocycles. The lowest BCUT2D eigenvalue weighted by molar-refractivity contribution is 0.522. The molecule has 0 aromatic carbocycles. The van der Waals surface area contributed by atoms with Crippen LogP contribution in [0.5, 0.6) is 0 Å². The molecule has 0 aromatic rings. The van der Waals surface area contributed by atoms with Gasteiger partial charge in [0, 0.05) is 11.8 Å². The minimum atomic E-state index is 1.15. The Bertz CT molecular complexity index is 830. The highest BCUT2D eigenvalue weighted by Crippen LogP contribution is 2.19. The van der Waals surface area contributed by atoms with E-state index in [1.165, 1.54) is 275 Å². The van der Waals surface area contributed by atoms with Crippen LogP contribution in [0, 0.1) is 0 Å². The van der Waals surface area contributed by atoms with Crippen molar-refractivity contribution in [1.29, 1.82) is 0 Å². The number of rotatable bonds is 44. The Kier molecular flexibility index (Phi) is 40.8. The Balaban J connectivity index is 1.83. The first-order valence-corrected chi connectivity index (χ1v) is 24.8. The van der Waals surface area contributed by atoms with Crippen molar-refractivity contribution >= 4 is 0 Å². The highest BCUT2D eigenvalue weighted by molar-refractivity contribution is 5.44. The van der Waals surface area contributed by atoms with E-state index in [1.807, 2.05) is 6.20 Å². The summed E-state index contributed by atoms with van der Waals surface area (Å²) in [6.45, 7) is 4.61. The van der Waals surface area contributed by atoms with Gasteiger partial charge >= 0.3 is 0 Å². The second kappa shape index (κ2) is 43.5. The molecule has 0 fully saturated rings. The SMILES string of the molecule is CCCCCCCCCCCCCCCCCCCCCC/C=C/C1=C(/C=C/CCCCCCCCCCCCCCCCCCCCCC)[N]C=C1. The van der Waals surface area contributed by atoms with Crippen LogP contribution < -0.4 is 5.32 Å². The normalized spacial score (nSPS) is 13.1. The quantitative estimate of drug-likeness (QED) is 0.0554. The van der Waals surface area contributed by atoms with Gasteiger partial charge < -0.3 is 0 Å². The molecule has 0 saturated heterocycles. The van der Waals surface area contributed by atoms with Gasteiger partial charge in [0.2, 0.25) is 0 Å². The van der Waals surface area contributed by atoms with Crippen LogP contribution in [0.2, 0.25) is 0 Å². The third-order valence-electron chi connectivity index (χ3n) is 11.8. The lowest BCUT2D eigenvalue weighted by Gasteiger charge is -2.04. The molecule has 0 unspecified atom stereocenters. The molecule has 1 rings (SSSR count). The smallest absolute Gasteiger partial charge is 0.0699 e. The highest BCUT2D eigenvalue weighted by Gasteiger charge is 2.04. The van der Waals surface area contributed by atoms with E-state index in [4.69, 9.17) is 0 Å². The van der Waals surface area contributed by atoms with Crippen molar-refractivity contribution in [2.75, 3.05) is 0 Å². The summed E-state index contributed by atoms with van der Waals surface area (Å²) < 4.78 is 0. The summed E-state index contributed by atoms with van der Waals surface area (Å²) >= 11 is 0. The Morgan fingerprint density at radius 1 is 0.321 bits per heavy atom. The summed E-state index contributed by atoms with van der Waals surface area (Å²) in [6, 6.07) is 0. The lowest BCUT2D eigenvalue weighted by atomic mass is 10.0. The van der Waals surface area contributed by atoms with E-state index in [1.54, 1.807) is 0 Å². The van der Waals surface area contributed by atoms with Crippen molar-refractivity contribution in [3.05, 3.63) is 47.9 Å². The summed E-state index contributed by atoms with van der Waals surface area (Å²) in [5.41, 5.74) is 2.44. The van der Waals surface area contributed by atoms with Gasteiger partial charge in [-0.15, -0.1) is 0 Å². The van der Waals surface area contributed by atoms with Crippen LogP contribution in [0.4, 0.5) is 0 Å². The number of nitrogens with zero attached hydrogens (tertiary/aromatic N) is 1. The second-order valence-electron chi connectivity index (χ2n) is 17.1. The summed E-state index contributed by atoms with van der Waals surface area (Å²) in [5, 5.41) is 4.61. The Morgan fingerprint density at radius 3 is 0.849 bits per heavy atom. The van der Waals surface area contributed by atoms with Crippen molar-refractivity contribution in [3.63, 3.8) is 0 Å². The minimum Gasteiger partial charge on any atom is -0.256 e. The molecule has 53 heavy (non-hydrogen) atoms. The first-order valence-electron chi connectivity index (χ1n) is 24.8. The molecule has 1 aliphatic rings.